The van der Waals surface area contributed by atoms with Crippen molar-refractivity contribution in [1.82, 2.24) is 9.97 Å². The third kappa shape index (κ3) is 2.52. The van der Waals surface area contributed by atoms with Crippen LogP contribution in [0.3, 0.4) is 0 Å². The van der Waals surface area contributed by atoms with Gasteiger partial charge in [-0.25, -0.2) is 14.8 Å². The molecule has 0 fully saturated rings. The number of aliphatic carboxylic acids is 1. The summed E-state index contributed by atoms with van der Waals surface area (Å²) in [4.78, 5) is 19.5. The van der Waals surface area contributed by atoms with E-state index in [1.54, 1.807) is 6.92 Å². The molecule has 0 aliphatic rings. The van der Waals surface area contributed by atoms with Gasteiger partial charge < -0.3 is 15.2 Å². The standard InChI is InChI=1S/C12H19N3O3/c1-5-12(6-2,11(16)17)15-9-8(3)10(18-4)14-7-13-9/h7H,5-6H2,1-4H3,(H,16,17)(H,13,14,15). The summed E-state index contributed by atoms with van der Waals surface area (Å²) in [5.41, 5.74) is -0.308. The molecule has 0 aromatic carbocycles. The molecular formula is C12H19N3O3. The first-order valence-corrected chi connectivity index (χ1v) is 5.88. The van der Waals surface area contributed by atoms with Crippen LogP contribution in [0.1, 0.15) is 32.3 Å². The van der Waals surface area contributed by atoms with Crippen molar-refractivity contribution in [3.63, 3.8) is 0 Å². The molecule has 0 saturated carbocycles. The average Bonchev–Trinajstić information content (AvgIpc) is 2.37. The molecule has 1 heterocycles. The number of carbonyl (C=O) groups is 1. The highest BCUT2D eigenvalue weighted by Crippen LogP contribution is 2.26. The average molecular weight is 253 g/mol. The lowest BCUT2D eigenvalue weighted by molar-refractivity contribution is -0.142. The van der Waals surface area contributed by atoms with Gasteiger partial charge >= 0.3 is 5.97 Å². The van der Waals surface area contributed by atoms with Gasteiger partial charge in [0.25, 0.3) is 0 Å². The third-order valence-electron chi connectivity index (χ3n) is 3.21. The molecule has 0 radical (unpaired) electrons. The maximum absolute atomic E-state index is 11.4. The third-order valence-corrected chi connectivity index (χ3v) is 3.21. The summed E-state index contributed by atoms with van der Waals surface area (Å²) in [6, 6.07) is 0. The molecule has 0 aliphatic heterocycles. The second-order valence-electron chi connectivity index (χ2n) is 4.08. The number of carboxylic acid groups (broad SMARTS) is 1. The van der Waals surface area contributed by atoms with Gasteiger partial charge in [0.1, 0.15) is 17.7 Å². The van der Waals surface area contributed by atoms with Gasteiger partial charge in [0.2, 0.25) is 5.88 Å². The van der Waals surface area contributed by atoms with Crippen LogP contribution in [0.2, 0.25) is 0 Å². The number of methoxy groups -OCH3 is 1. The second kappa shape index (κ2) is 5.66. The minimum atomic E-state index is -1.01. The molecule has 6 nitrogen and oxygen atoms in total. The van der Waals surface area contributed by atoms with Crippen LogP contribution in [-0.2, 0) is 4.79 Å². The maximum Gasteiger partial charge on any atom is 0.329 e. The Morgan fingerprint density at radius 2 is 2.06 bits per heavy atom. The molecule has 0 aliphatic carbocycles. The highest BCUT2D eigenvalue weighted by molar-refractivity contribution is 5.82. The van der Waals surface area contributed by atoms with E-state index >= 15 is 0 Å². The van der Waals surface area contributed by atoms with Crippen LogP contribution in [0, 0.1) is 6.92 Å². The molecule has 1 aromatic rings. The highest BCUT2D eigenvalue weighted by atomic mass is 16.5. The van der Waals surface area contributed by atoms with Crippen LogP contribution in [0.4, 0.5) is 5.82 Å². The molecule has 18 heavy (non-hydrogen) atoms. The maximum atomic E-state index is 11.4. The summed E-state index contributed by atoms with van der Waals surface area (Å²) >= 11 is 0. The Labute approximate surface area is 106 Å². The fraction of sp³-hybridized carbons (Fsp3) is 0.583. The molecule has 0 saturated heterocycles. The zero-order chi connectivity index (χ0) is 13.8. The van der Waals surface area contributed by atoms with Crippen LogP contribution in [0.5, 0.6) is 5.88 Å². The number of rotatable bonds is 6. The van der Waals surface area contributed by atoms with Crippen LogP contribution < -0.4 is 10.1 Å². The number of hydrogen-bond acceptors (Lipinski definition) is 5. The molecule has 2 N–H and O–H groups in total. The van der Waals surface area contributed by atoms with E-state index in [0.29, 0.717) is 30.1 Å². The van der Waals surface area contributed by atoms with E-state index in [9.17, 15) is 9.90 Å². The summed E-state index contributed by atoms with van der Waals surface area (Å²) in [5, 5.41) is 12.4. The lowest BCUT2D eigenvalue weighted by atomic mass is 9.93. The molecule has 100 valence electrons. The van der Waals surface area contributed by atoms with E-state index in [-0.39, 0.29) is 0 Å². The SMILES string of the molecule is CCC(CC)(Nc1ncnc(OC)c1C)C(=O)O. The summed E-state index contributed by atoms with van der Waals surface area (Å²) in [6.45, 7) is 5.45. The molecule has 1 rings (SSSR count). The Morgan fingerprint density at radius 3 is 2.50 bits per heavy atom. The van der Waals surface area contributed by atoms with Gasteiger partial charge in [-0.1, -0.05) is 13.8 Å². The lowest BCUT2D eigenvalue weighted by Gasteiger charge is -2.29. The summed E-state index contributed by atoms with van der Waals surface area (Å²) in [7, 11) is 1.52. The smallest absolute Gasteiger partial charge is 0.329 e. The van der Waals surface area contributed by atoms with Crippen LogP contribution >= 0.6 is 0 Å². The minimum Gasteiger partial charge on any atom is -0.481 e. The second-order valence-corrected chi connectivity index (χ2v) is 4.08. The Kier molecular flexibility index (Phi) is 4.47. The van der Waals surface area contributed by atoms with Crippen LogP contribution in [-0.4, -0.2) is 33.7 Å². The quantitative estimate of drug-likeness (QED) is 0.804. The molecule has 1 aromatic heterocycles. The normalized spacial score (nSPS) is 11.1. The fourth-order valence-electron chi connectivity index (χ4n) is 1.78. The van der Waals surface area contributed by atoms with Gasteiger partial charge in [-0.2, -0.15) is 0 Å². The van der Waals surface area contributed by atoms with Crippen LogP contribution in [0.15, 0.2) is 6.33 Å². The molecule has 0 unspecified atom stereocenters. The van der Waals surface area contributed by atoms with Gasteiger partial charge in [-0.3, -0.25) is 0 Å². The number of carboxylic acids is 1. The van der Waals surface area contributed by atoms with Gasteiger partial charge in [0.15, 0.2) is 0 Å². The van der Waals surface area contributed by atoms with Gasteiger partial charge in [0, 0.05) is 0 Å². The van der Waals surface area contributed by atoms with Crippen molar-refractivity contribution in [1.29, 1.82) is 0 Å². The molecule has 6 heteroatoms. The van der Waals surface area contributed by atoms with Gasteiger partial charge in [-0.15, -0.1) is 0 Å². The Hall–Kier alpha value is -1.85. The minimum absolute atomic E-state index is 0.444. The van der Waals surface area contributed by atoms with E-state index in [2.05, 4.69) is 15.3 Å². The Morgan fingerprint density at radius 1 is 1.44 bits per heavy atom. The predicted molar refractivity (Wildman–Crippen MR) is 67.9 cm³/mol. The number of nitrogens with zero attached hydrogens (tertiary/aromatic N) is 2. The number of nitrogens with one attached hydrogen (secondary N) is 1. The van der Waals surface area contributed by atoms with Crippen molar-refractivity contribution in [3.8, 4) is 5.88 Å². The number of anilines is 1. The number of hydrogen-bond donors (Lipinski definition) is 2. The van der Waals surface area contributed by atoms with Crippen molar-refractivity contribution in [2.24, 2.45) is 0 Å². The van der Waals surface area contributed by atoms with Crippen molar-refractivity contribution in [3.05, 3.63) is 11.9 Å². The first-order chi connectivity index (χ1) is 8.50. The van der Waals surface area contributed by atoms with Crippen molar-refractivity contribution in [2.75, 3.05) is 12.4 Å². The first kappa shape index (κ1) is 14.2. The van der Waals surface area contributed by atoms with Crippen molar-refractivity contribution >= 4 is 11.8 Å². The first-order valence-electron chi connectivity index (χ1n) is 5.88. The molecule has 0 atom stereocenters. The van der Waals surface area contributed by atoms with E-state index in [1.165, 1.54) is 13.4 Å². The van der Waals surface area contributed by atoms with Gasteiger partial charge in [0.05, 0.1) is 12.7 Å². The number of aromatic nitrogens is 2. The monoisotopic (exact) mass is 253 g/mol. The zero-order valence-corrected chi connectivity index (χ0v) is 11.1. The molecule has 0 amide bonds. The van der Waals surface area contributed by atoms with E-state index in [0.717, 1.165) is 0 Å². The molecular weight excluding hydrogens is 234 g/mol. The van der Waals surface area contributed by atoms with E-state index in [4.69, 9.17) is 4.74 Å². The highest BCUT2D eigenvalue weighted by Gasteiger charge is 2.35. The zero-order valence-electron chi connectivity index (χ0n) is 11.1. The largest absolute Gasteiger partial charge is 0.481 e. The molecule has 0 bridgehead atoms. The van der Waals surface area contributed by atoms with Crippen molar-refractivity contribution < 1.29 is 14.6 Å². The van der Waals surface area contributed by atoms with E-state index in [1.807, 2.05) is 13.8 Å². The van der Waals surface area contributed by atoms with Gasteiger partial charge in [-0.05, 0) is 19.8 Å². The predicted octanol–water partition coefficient (Wildman–Crippen LogP) is 1.85. The Bertz CT molecular complexity index is 431. The van der Waals surface area contributed by atoms with Crippen LogP contribution in [0.25, 0.3) is 0 Å². The summed E-state index contributed by atoms with van der Waals surface area (Å²) < 4.78 is 5.09. The molecule has 0 spiro atoms. The topological polar surface area (TPSA) is 84.3 Å². The summed E-state index contributed by atoms with van der Waals surface area (Å²) in [6.07, 6.45) is 2.28. The Balaban J connectivity index is 3.12. The fourth-order valence-corrected chi connectivity index (χ4v) is 1.78. The number of ether oxygens (including phenoxy) is 1. The lowest BCUT2D eigenvalue weighted by Crippen LogP contribution is -2.45. The van der Waals surface area contributed by atoms with Crippen molar-refractivity contribution in [2.45, 2.75) is 39.2 Å². The summed E-state index contributed by atoms with van der Waals surface area (Å²) in [5.74, 6) is 0.0522. The van der Waals surface area contributed by atoms with E-state index < -0.39 is 11.5 Å².